The van der Waals surface area contributed by atoms with Crippen molar-refractivity contribution in [3.05, 3.63) is 71.3 Å². The highest BCUT2D eigenvalue weighted by molar-refractivity contribution is 6.26. The number of fused-ring (bicyclic) bond motifs is 6. The first-order chi connectivity index (χ1) is 10.2. The largest absolute Gasteiger partial charge is 0.0616 e. The zero-order valence-corrected chi connectivity index (χ0v) is 12.7. The molecule has 4 rings (SSSR count). The molecule has 0 atom stereocenters. The van der Waals surface area contributed by atoms with Gasteiger partial charge in [-0.3, -0.25) is 0 Å². The third-order valence-electron chi connectivity index (χ3n) is 4.86. The Bertz CT molecular complexity index is 1010. The Labute approximate surface area is 125 Å². The highest BCUT2D eigenvalue weighted by Crippen LogP contribution is 2.38. The van der Waals surface area contributed by atoms with Crippen molar-refractivity contribution in [2.24, 2.45) is 0 Å². The molecule has 21 heavy (non-hydrogen) atoms. The SMILES string of the molecule is Cc1cc2c3ccccc3c3ccccc3c2c(C)c1C. The Balaban J connectivity index is 2.46. The number of benzene rings is 4. The maximum Gasteiger partial charge on any atom is -0.00668 e. The van der Waals surface area contributed by atoms with E-state index in [-0.39, 0.29) is 0 Å². The smallest absolute Gasteiger partial charge is 0.00668 e. The lowest BCUT2D eigenvalue weighted by atomic mass is 9.88. The van der Waals surface area contributed by atoms with Gasteiger partial charge in [-0.15, -0.1) is 0 Å². The molecule has 0 bridgehead atoms. The van der Waals surface area contributed by atoms with E-state index in [1.54, 1.807) is 0 Å². The second-order valence-electron chi connectivity index (χ2n) is 5.96. The third-order valence-corrected chi connectivity index (χ3v) is 4.86. The van der Waals surface area contributed by atoms with Crippen LogP contribution in [0.5, 0.6) is 0 Å². The van der Waals surface area contributed by atoms with Crippen molar-refractivity contribution in [1.82, 2.24) is 0 Å². The number of aryl methyl sites for hydroxylation is 2. The van der Waals surface area contributed by atoms with Crippen molar-refractivity contribution in [2.45, 2.75) is 20.8 Å². The molecule has 0 aliphatic rings. The summed E-state index contributed by atoms with van der Waals surface area (Å²) in [6.45, 7) is 6.70. The van der Waals surface area contributed by atoms with Crippen molar-refractivity contribution in [2.75, 3.05) is 0 Å². The average Bonchev–Trinajstić information content (AvgIpc) is 2.52. The van der Waals surface area contributed by atoms with E-state index in [1.807, 2.05) is 0 Å². The Morgan fingerprint density at radius 3 is 1.62 bits per heavy atom. The molecule has 0 fully saturated rings. The number of rotatable bonds is 0. The van der Waals surface area contributed by atoms with E-state index in [0.717, 1.165) is 0 Å². The molecular formula is C21H18. The second-order valence-corrected chi connectivity index (χ2v) is 5.96. The normalized spacial score (nSPS) is 11.6. The minimum Gasteiger partial charge on any atom is -0.0616 e. The van der Waals surface area contributed by atoms with Crippen molar-refractivity contribution >= 4 is 32.3 Å². The summed E-state index contributed by atoms with van der Waals surface area (Å²) in [6.07, 6.45) is 0. The standard InChI is InChI=1S/C21H18/c1-13-12-20-18-10-5-4-8-16(18)17-9-6-7-11-19(17)21(20)15(3)14(13)2/h4-12H,1-3H3. The van der Waals surface area contributed by atoms with Crippen LogP contribution < -0.4 is 0 Å². The molecule has 0 unspecified atom stereocenters. The van der Waals surface area contributed by atoms with E-state index in [4.69, 9.17) is 0 Å². The molecule has 0 heteroatoms. The maximum absolute atomic E-state index is 2.35. The molecule has 4 aromatic carbocycles. The summed E-state index contributed by atoms with van der Waals surface area (Å²) in [4.78, 5) is 0. The zero-order valence-electron chi connectivity index (χ0n) is 12.7. The summed E-state index contributed by atoms with van der Waals surface area (Å²) < 4.78 is 0. The van der Waals surface area contributed by atoms with Crippen LogP contribution in [0.25, 0.3) is 32.3 Å². The van der Waals surface area contributed by atoms with Crippen LogP contribution in [0.2, 0.25) is 0 Å². The molecule has 0 heterocycles. The van der Waals surface area contributed by atoms with E-state index < -0.39 is 0 Å². The first kappa shape index (κ1) is 12.4. The van der Waals surface area contributed by atoms with Gasteiger partial charge in [-0.25, -0.2) is 0 Å². The Morgan fingerprint density at radius 1 is 0.524 bits per heavy atom. The second kappa shape index (κ2) is 4.33. The van der Waals surface area contributed by atoms with E-state index in [1.165, 1.54) is 49.0 Å². The van der Waals surface area contributed by atoms with Crippen molar-refractivity contribution in [1.29, 1.82) is 0 Å². The molecule has 0 amide bonds. The van der Waals surface area contributed by atoms with Crippen LogP contribution >= 0.6 is 0 Å². The lowest BCUT2D eigenvalue weighted by Gasteiger charge is -2.15. The topological polar surface area (TPSA) is 0 Å². The van der Waals surface area contributed by atoms with Gasteiger partial charge >= 0.3 is 0 Å². The summed E-state index contributed by atoms with van der Waals surface area (Å²) in [5, 5.41) is 8.22. The van der Waals surface area contributed by atoms with Crippen LogP contribution in [0, 0.1) is 20.8 Å². The monoisotopic (exact) mass is 270 g/mol. The van der Waals surface area contributed by atoms with E-state index in [2.05, 4.69) is 75.4 Å². The fraction of sp³-hybridized carbons (Fsp3) is 0.143. The van der Waals surface area contributed by atoms with Crippen LogP contribution in [0.4, 0.5) is 0 Å². The first-order valence-electron chi connectivity index (χ1n) is 7.48. The van der Waals surface area contributed by atoms with Gasteiger partial charge in [0.15, 0.2) is 0 Å². The number of hydrogen-bond donors (Lipinski definition) is 0. The predicted molar refractivity (Wildman–Crippen MR) is 93.2 cm³/mol. The minimum absolute atomic E-state index is 1.35. The fourth-order valence-electron chi connectivity index (χ4n) is 3.53. The zero-order chi connectivity index (χ0) is 14.6. The van der Waals surface area contributed by atoms with Crippen LogP contribution in [0.15, 0.2) is 54.6 Å². The Kier molecular flexibility index (Phi) is 2.56. The van der Waals surface area contributed by atoms with Gasteiger partial charge in [0, 0.05) is 0 Å². The molecule has 0 aliphatic heterocycles. The van der Waals surface area contributed by atoms with E-state index in [9.17, 15) is 0 Å². The van der Waals surface area contributed by atoms with Gasteiger partial charge in [0.1, 0.15) is 0 Å². The van der Waals surface area contributed by atoms with Gasteiger partial charge in [0.25, 0.3) is 0 Å². The minimum atomic E-state index is 1.35. The summed E-state index contributed by atoms with van der Waals surface area (Å²) >= 11 is 0. The molecule has 0 radical (unpaired) electrons. The average molecular weight is 270 g/mol. The van der Waals surface area contributed by atoms with Crippen LogP contribution in [0.3, 0.4) is 0 Å². The highest BCUT2D eigenvalue weighted by atomic mass is 14.2. The summed E-state index contributed by atoms with van der Waals surface area (Å²) in [6, 6.07) is 19.9. The molecule has 0 spiro atoms. The van der Waals surface area contributed by atoms with Crippen LogP contribution in [0.1, 0.15) is 16.7 Å². The van der Waals surface area contributed by atoms with Crippen molar-refractivity contribution in [3.8, 4) is 0 Å². The molecule has 4 aromatic rings. The third kappa shape index (κ3) is 1.62. The van der Waals surface area contributed by atoms with Crippen molar-refractivity contribution < 1.29 is 0 Å². The molecule has 0 saturated carbocycles. The summed E-state index contributed by atoms with van der Waals surface area (Å²) in [7, 11) is 0. The lowest BCUT2D eigenvalue weighted by molar-refractivity contribution is 1.30. The lowest BCUT2D eigenvalue weighted by Crippen LogP contribution is -1.91. The Hall–Kier alpha value is -2.34. The molecule has 0 aliphatic carbocycles. The van der Waals surface area contributed by atoms with Gasteiger partial charge in [-0.1, -0.05) is 54.6 Å². The molecule has 0 N–H and O–H groups in total. The molecule has 0 nitrogen and oxygen atoms in total. The molecule has 0 aromatic heterocycles. The van der Waals surface area contributed by atoms with Gasteiger partial charge in [0.2, 0.25) is 0 Å². The quantitative estimate of drug-likeness (QED) is 0.340. The van der Waals surface area contributed by atoms with Gasteiger partial charge in [0.05, 0.1) is 0 Å². The van der Waals surface area contributed by atoms with Gasteiger partial charge < -0.3 is 0 Å². The van der Waals surface area contributed by atoms with Crippen LogP contribution in [-0.4, -0.2) is 0 Å². The summed E-state index contributed by atoms with van der Waals surface area (Å²) in [5.74, 6) is 0. The molecular weight excluding hydrogens is 252 g/mol. The fourth-order valence-corrected chi connectivity index (χ4v) is 3.53. The highest BCUT2D eigenvalue weighted by Gasteiger charge is 2.12. The Morgan fingerprint density at radius 2 is 1.00 bits per heavy atom. The van der Waals surface area contributed by atoms with Crippen molar-refractivity contribution in [3.63, 3.8) is 0 Å². The first-order valence-corrected chi connectivity index (χ1v) is 7.48. The van der Waals surface area contributed by atoms with E-state index >= 15 is 0 Å². The van der Waals surface area contributed by atoms with Gasteiger partial charge in [-0.2, -0.15) is 0 Å². The van der Waals surface area contributed by atoms with Crippen LogP contribution in [-0.2, 0) is 0 Å². The van der Waals surface area contributed by atoms with E-state index in [0.29, 0.717) is 0 Å². The van der Waals surface area contributed by atoms with Gasteiger partial charge in [-0.05, 0) is 69.8 Å². The maximum atomic E-state index is 2.35. The summed E-state index contributed by atoms with van der Waals surface area (Å²) in [5.41, 5.74) is 4.19. The predicted octanol–water partition coefficient (Wildman–Crippen LogP) is 6.07. The number of hydrogen-bond acceptors (Lipinski definition) is 0. The molecule has 0 saturated heterocycles. The molecule has 102 valence electrons.